The van der Waals surface area contributed by atoms with Gasteiger partial charge in [-0.3, -0.25) is 4.79 Å². The second kappa shape index (κ2) is 6.77. The first-order valence-electron chi connectivity index (χ1n) is 7.96. The van der Waals surface area contributed by atoms with E-state index in [0.29, 0.717) is 35.3 Å². The molecule has 0 aliphatic carbocycles. The van der Waals surface area contributed by atoms with Crippen LogP contribution in [-0.2, 0) is 10.0 Å². The molecular formula is C17H15ClN2O4S2. The minimum Gasteiger partial charge on any atom is -0.454 e. The van der Waals surface area contributed by atoms with Crippen molar-refractivity contribution in [3.05, 3.63) is 47.0 Å². The van der Waals surface area contributed by atoms with Crippen molar-refractivity contribution >= 4 is 45.0 Å². The van der Waals surface area contributed by atoms with E-state index in [4.69, 9.17) is 16.3 Å². The molecule has 0 saturated carbocycles. The van der Waals surface area contributed by atoms with Gasteiger partial charge in [0.1, 0.15) is 5.75 Å². The number of carbonyl (C=O) groups is 1. The molecule has 2 aliphatic heterocycles. The van der Waals surface area contributed by atoms with Crippen molar-refractivity contribution in [2.24, 2.45) is 0 Å². The van der Waals surface area contributed by atoms with Crippen LogP contribution in [0.25, 0.3) is 0 Å². The molecule has 1 saturated heterocycles. The molecule has 1 fully saturated rings. The number of nitrogens with zero attached hydrogens (tertiary/aromatic N) is 1. The first kappa shape index (κ1) is 17.7. The summed E-state index contributed by atoms with van der Waals surface area (Å²) in [6.07, 6.45) is 0. The van der Waals surface area contributed by atoms with Gasteiger partial charge in [-0.2, -0.15) is 16.1 Å². The Bertz CT molecular complexity index is 988. The van der Waals surface area contributed by atoms with Gasteiger partial charge in [-0.25, -0.2) is 8.42 Å². The number of thioether (sulfide) groups is 1. The Morgan fingerprint density at radius 3 is 2.58 bits per heavy atom. The van der Waals surface area contributed by atoms with Gasteiger partial charge in [0, 0.05) is 29.6 Å². The van der Waals surface area contributed by atoms with Gasteiger partial charge >= 0.3 is 0 Å². The second-order valence-electron chi connectivity index (χ2n) is 5.87. The number of hydrogen-bond acceptors (Lipinski definition) is 5. The van der Waals surface area contributed by atoms with E-state index < -0.39 is 15.9 Å². The van der Waals surface area contributed by atoms with Crippen LogP contribution < -0.4 is 10.1 Å². The zero-order chi connectivity index (χ0) is 18.3. The molecule has 2 aromatic rings. The predicted octanol–water partition coefficient (Wildman–Crippen LogP) is 3.44. The van der Waals surface area contributed by atoms with Crippen LogP contribution in [0, 0.1) is 0 Å². The molecule has 4 rings (SSSR count). The van der Waals surface area contributed by atoms with Gasteiger partial charge in [0.25, 0.3) is 5.91 Å². The summed E-state index contributed by atoms with van der Waals surface area (Å²) in [4.78, 5) is 12.7. The Morgan fingerprint density at radius 2 is 1.81 bits per heavy atom. The number of carbonyl (C=O) groups excluding carboxylic acids is 1. The van der Waals surface area contributed by atoms with E-state index in [1.807, 2.05) is 0 Å². The molecule has 0 radical (unpaired) electrons. The maximum absolute atomic E-state index is 12.9. The average molecular weight is 411 g/mol. The zero-order valence-corrected chi connectivity index (χ0v) is 16.0. The van der Waals surface area contributed by atoms with Crippen molar-refractivity contribution in [2.75, 3.05) is 29.9 Å². The van der Waals surface area contributed by atoms with Crippen molar-refractivity contribution in [1.82, 2.24) is 4.31 Å². The van der Waals surface area contributed by atoms with Gasteiger partial charge in [0.15, 0.2) is 5.75 Å². The van der Waals surface area contributed by atoms with Crippen LogP contribution in [0.1, 0.15) is 10.4 Å². The lowest BCUT2D eigenvalue weighted by molar-refractivity contribution is 0.102. The van der Waals surface area contributed by atoms with Gasteiger partial charge in [-0.05, 0) is 36.4 Å². The summed E-state index contributed by atoms with van der Waals surface area (Å²) >= 11 is 7.70. The van der Waals surface area contributed by atoms with Crippen LogP contribution in [0.4, 0.5) is 5.69 Å². The van der Waals surface area contributed by atoms with Crippen LogP contribution in [0.15, 0.2) is 41.3 Å². The Hall–Kier alpha value is -1.74. The van der Waals surface area contributed by atoms with Crippen LogP contribution >= 0.6 is 23.4 Å². The van der Waals surface area contributed by atoms with Crippen molar-refractivity contribution in [3.63, 3.8) is 0 Å². The molecule has 2 heterocycles. The molecule has 9 heteroatoms. The lowest BCUT2D eigenvalue weighted by atomic mass is 10.2. The summed E-state index contributed by atoms with van der Waals surface area (Å²) in [5.41, 5.74) is 0.612. The number of fused-ring (bicyclic) bond motifs is 2. The molecule has 0 spiro atoms. The van der Waals surface area contributed by atoms with E-state index in [1.54, 1.807) is 30.0 Å². The van der Waals surface area contributed by atoms with E-state index >= 15 is 0 Å². The van der Waals surface area contributed by atoms with Crippen LogP contribution in [0.2, 0.25) is 5.02 Å². The number of ether oxygens (including phenoxy) is 1. The first-order chi connectivity index (χ1) is 12.4. The number of anilines is 1. The average Bonchev–Trinajstić information content (AvgIpc) is 2.77. The van der Waals surface area contributed by atoms with Crippen LogP contribution in [0.3, 0.4) is 0 Å². The fourth-order valence-corrected chi connectivity index (χ4v) is 5.64. The summed E-state index contributed by atoms with van der Waals surface area (Å²) in [6.45, 7) is 0.938. The minimum atomic E-state index is -3.64. The number of benzene rings is 2. The highest BCUT2D eigenvalue weighted by Crippen LogP contribution is 2.38. The number of hydrogen-bond donors (Lipinski definition) is 1. The molecule has 2 aromatic carbocycles. The SMILES string of the molecule is O=C1Nc2cc(Cl)ccc2Oc2ccc(S(=O)(=O)N3CCSCC3)cc21. The third-order valence-electron chi connectivity index (χ3n) is 4.21. The largest absolute Gasteiger partial charge is 0.454 e. The van der Waals surface area contributed by atoms with Crippen molar-refractivity contribution in [1.29, 1.82) is 0 Å². The summed E-state index contributed by atoms with van der Waals surface area (Å²) < 4.78 is 33.0. The summed E-state index contributed by atoms with van der Waals surface area (Å²) in [5.74, 6) is 1.85. The molecule has 26 heavy (non-hydrogen) atoms. The molecule has 0 atom stereocenters. The summed E-state index contributed by atoms with van der Waals surface area (Å²) in [6, 6.07) is 9.26. The Balaban J connectivity index is 1.73. The van der Waals surface area contributed by atoms with E-state index in [0.717, 1.165) is 11.5 Å². The summed E-state index contributed by atoms with van der Waals surface area (Å²) in [5, 5.41) is 3.18. The smallest absolute Gasteiger partial charge is 0.259 e. The van der Waals surface area contributed by atoms with Gasteiger partial charge in [-0.15, -0.1) is 0 Å². The first-order valence-corrected chi connectivity index (χ1v) is 10.9. The third kappa shape index (κ3) is 3.18. The van der Waals surface area contributed by atoms with Crippen LogP contribution in [0.5, 0.6) is 11.5 Å². The Labute approximate surface area is 160 Å². The third-order valence-corrected chi connectivity index (χ3v) is 7.29. The van der Waals surface area contributed by atoms with Crippen LogP contribution in [-0.4, -0.2) is 43.2 Å². The van der Waals surface area contributed by atoms with Crippen molar-refractivity contribution in [2.45, 2.75) is 4.90 Å². The molecule has 0 unspecified atom stereocenters. The van der Waals surface area contributed by atoms with Gasteiger partial charge in [0.2, 0.25) is 10.0 Å². The molecule has 2 aliphatic rings. The van der Waals surface area contributed by atoms with E-state index in [2.05, 4.69) is 5.32 Å². The Kier molecular flexibility index (Phi) is 4.60. The number of halogens is 1. The molecule has 0 bridgehead atoms. The predicted molar refractivity (Wildman–Crippen MR) is 102 cm³/mol. The van der Waals surface area contributed by atoms with Gasteiger partial charge < -0.3 is 10.1 Å². The highest BCUT2D eigenvalue weighted by Gasteiger charge is 2.29. The topological polar surface area (TPSA) is 75.7 Å². The normalized spacial score (nSPS) is 17.5. The number of nitrogens with one attached hydrogen (secondary N) is 1. The lowest BCUT2D eigenvalue weighted by Gasteiger charge is -2.25. The standard InChI is InChI=1S/C17H15ClN2O4S2/c18-11-1-3-16-14(9-11)19-17(21)13-10-12(2-4-15(13)24-16)26(22,23)20-5-7-25-8-6-20/h1-4,9-10H,5-8H2,(H,19,21). The monoisotopic (exact) mass is 410 g/mol. The molecular weight excluding hydrogens is 396 g/mol. The number of amides is 1. The molecule has 136 valence electrons. The maximum Gasteiger partial charge on any atom is 0.259 e. The maximum atomic E-state index is 12.9. The van der Waals surface area contributed by atoms with Crippen molar-refractivity contribution in [3.8, 4) is 11.5 Å². The van der Waals surface area contributed by atoms with E-state index in [1.165, 1.54) is 22.5 Å². The van der Waals surface area contributed by atoms with E-state index in [-0.39, 0.29) is 10.5 Å². The number of rotatable bonds is 2. The molecule has 1 N–H and O–H groups in total. The highest BCUT2D eigenvalue weighted by molar-refractivity contribution is 7.99. The molecule has 1 amide bonds. The fraction of sp³-hybridized carbons (Fsp3) is 0.235. The minimum absolute atomic E-state index is 0.0888. The second-order valence-corrected chi connectivity index (χ2v) is 9.47. The molecule has 0 aromatic heterocycles. The summed E-state index contributed by atoms with van der Waals surface area (Å²) in [7, 11) is -3.64. The van der Waals surface area contributed by atoms with Crippen molar-refractivity contribution < 1.29 is 17.9 Å². The van der Waals surface area contributed by atoms with Gasteiger partial charge in [-0.1, -0.05) is 11.6 Å². The number of sulfonamides is 1. The molecule has 6 nitrogen and oxygen atoms in total. The quantitative estimate of drug-likeness (QED) is 0.820. The van der Waals surface area contributed by atoms with E-state index in [9.17, 15) is 13.2 Å². The fourth-order valence-electron chi connectivity index (χ4n) is 2.87. The Morgan fingerprint density at radius 1 is 1.08 bits per heavy atom. The zero-order valence-electron chi connectivity index (χ0n) is 13.6. The highest BCUT2D eigenvalue weighted by atomic mass is 35.5. The van der Waals surface area contributed by atoms with Gasteiger partial charge in [0.05, 0.1) is 16.1 Å². The lowest BCUT2D eigenvalue weighted by Crippen LogP contribution is -2.37.